The molecule has 0 bridgehead atoms. The van der Waals surface area contributed by atoms with E-state index in [4.69, 9.17) is 0 Å². The predicted molar refractivity (Wildman–Crippen MR) is 99.0 cm³/mol. The molecule has 0 fully saturated rings. The molecule has 8 nitrogen and oxygen atoms in total. The highest BCUT2D eigenvalue weighted by Gasteiger charge is 2.33. The van der Waals surface area contributed by atoms with Crippen molar-refractivity contribution in [1.82, 2.24) is 19.9 Å². The summed E-state index contributed by atoms with van der Waals surface area (Å²) in [6, 6.07) is 6.65. The molecule has 2 aromatic rings. The van der Waals surface area contributed by atoms with E-state index in [1.807, 2.05) is 39.8 Å². The lowest BCUT2D eigenvalue weighted by Crippen LogP contribution is -2.27. The molecule has 0 atom stereocenters. The Morgan fingerprint density at radius 3 is 1.56 bits per heavy atom. The van der Waals surface area contributed by atoms with Crippen LogP contribution in [0.4, 0.5) is 0 Å². The highest BCUT2D eigenvalue weighted by atomic mass is 16.1. The fourth-order valence-electron chi connectivity index (χ4n) is 2.65. The van der Waals surface area contributed by atoms with Crippen molar-refractivity contribution < 1.29 is 0 Å². The highest BCUT2D eigenvalue weighted by Crippen LogP contribution is 2.25. The second kappa shape index (κ2) is 7.96. The number of aromatic nitrogens is 4. The van der Waals surface area contributed by atoms with E-state index >= 15 is 0 Å². The summed E-state index contributed by atoms with van der Waals surface area (Å²) in [4.78, 5) is 37.8. The van der Waals surface area contributed by atoms with Gasteiger partial charge in [0.25, 0.3) is 11.1 Å². The van der Waals surface area contributed by atoms with Crippen molar-refractivity contribution in [3.63, 3.8) is 0 Å². The minimum atomic E-state index is -1.48. The number of hydrogen-bond donors (Lipinski definition) is 2. The average Bonchev–Trinajstić information content (AvgIpc) is 2.60. The van der Waals surface area contributed by atoms with E-state index in [1.54, 1.807) is 0 Å². The Labute approximate surface area is 156 Å². The van der Waals surface area contributed by atoms with Gasteiger partial charge in [0, 0.05) is 36.8 Å². The van der Waals surface area contributed by atoms with Crippen LogP contribution in [0, 0.1) is 28.1 Å². The molecule has 2 N–H and O–H groups in total. The monoisotopic (exact) mass is 366 g/mol. The summed E-state index contributed by atoms with van der Waals surface area (Å²) < 4.78 is 0. The molecule has 8 heteroatoms. The molecule has 2 rings (SSSR count). The van der Waals surface area contributed by atoms with Gasteiger partial charge in [-0.15, -0.1) is 0 Å². The van der Waals surface area contributed by atoms with Gasteiger partial charge >= 0.3 is 0 Å². The second-order valence-corrected chi connectivity index (χ2v) is 7.21. The number of rotatable bonds is 6. The fourth-order valence-corrected chi connectivity index (χ4v) is 2.65. The van der Waals surface area contributed by atoms with E-state index in [0.717, 1.165) is 0 Å². The summed E-state index contributed by atoms with van der Waals surface area (Å²) in [5.41, 5.74) is -1.42. The van der Waals surface area contributed by atoms with Gasteiger partial charge in [0.15, 0.2) is 5.41 Å². The number of nitriles is 2. The minimum Gasteiger partial charge on any atom is -0.310 e. The van der Waals surface area contributed by atoms with E-state index < -0.39 is 5.41 Å². The van der Waals surface area contributed by atoms with E-state index in [1.165, 1.54) is 12.1 Å². The zero-order valence-corrected chi connectivity index (χ0v) is 15.8. The van der Waals surface area contributed by atoms with E-state index in [9.17, 15) is 20.1 Å². The molecule has 2 aromatic heterocycles. The van der Waals surface area contributed by atoms with Crippen LogP contribution >= 0.6 is 0 Å². The summed E-state index contributed by atoms with van der Waals surface area (Å²) in [6.07, 6.45) is -0.0652. The lowest BCUT2D eigenvalue weighted by Gasteiger charge is -2.18. The Kier molecular flexibility index (Phi) is 5.91. The van der Waals surface area contributed by atoms with Crippen molar-refractivity contribution in [2.45, 2.75) is 52.4 Å². The van der Waals surface area contributed by atoms with Gasteiger partial charge in [0.1, 0.15) is 11.6 Å². The van der Waals surface area contributed by atoms with Gasteiger partial charge in [-0.25, -0.2) is 9.97 Å². The van der Waals surface area contributed by atoms with E-state index in [-0.39, 0.29) is 35.8 Å². The third kappa shape index (κ3) is 4.89. The first-order chi connectivity index (χ1) is 12.7. The van der Waals surface area contributed by atoms with Crippen LogP contribution in [0.15, 0.2) is 21.7 Å². The fraction of sp³-hybridized carbons (Fsp3) is 0.474. The van der Waals surface area contributed by atoms with Crippen molar-refractivity contribution >= 4 is 0 Å². The zero-order valence-electron chi connectivity index (χ0n) is 15.8. The first kappa shape index (κ1) is 20.1. The van der Waals surface area contributed by atoms with Crippen molar-refractivity contribution in [3.05, 3.63) is 55.9 Å². The third-order valence-electron chi connectivity index (χ3n) is 4.11. The molecule has 0 aliphatic heterocycles. The molecular formula is C19H22N6O2. The quantitative estimate of drug-likeness (QED) is 0.800. The van der Waals surface area contributed by atoms with Crippen LogP contribution in [0.5, 0.6) is 0 Å². The van der Waals surface area contributed by atoms with Crippen molar-refractivity contribution in [1.29, 1.82) is 10.5 Å². The van der Waals surface area contributed by atoms with Crippen molar-refractivity contribution in [3.8, 4) is 12.1 Å². The lowest BCUT2D eigenvalue weighted by atomic mass is 9.81. The summed E-state index contributed by atoms with van der Waals surface area (Å²) in [6.45, 7) is 7.55. The Bertz CT molecular complexity index is 936. The minimum absolute atomic E-state index is 0.000768. The zero-order chi connectivity index (χ0) is 20.2. The molecule has 0 saturated heterocycles. The molecule has 0 aromatic carbocycles. The van der Waals surface area contributed by atoms with Gasteiger partial charge in [-0.1, -0.05) is 27.7 Å². The van der Waals surface area contributed by atoms with Gasteiger partial charge in [0.05, 0.1) is 23.5 Å². The van der Waals surface area contributed by atoms with Crippen LogP contribution in [-0.2, 0) is 12.8 Å². The second-order valence-electron chi connectivity index (χ2n) is 7.21. The normalized spacial score (nSPS) is 11.4. The van der Waals surface area contributed by atoms with Crippen LogP contribution in [0.1, 0.15) is 62.6 Å². The Hall–Kier alpha value is -3.26. The van der Waals surface area contributed by atoms with Gasteiger partial charge in [-0.05, 0) is 0 Å². The maximum atomic E-state index is 11.9. The maximum Gasteiger partial charge on any atom is 0.251 e. The smallest absolute Gasteiger partial charge is 0.251 e. The first-order valence-corrected chi connectivity index (χ1v) is 8.71. The molecule has 2 heterocycles. The van der Waals surface area contributed by atoms with Crippen molar-refractivity contribution in [2.24, 2.45) is 5.41 Å². The van der Waals surface area contributed by atoms with Crippen molar-refractivity contribution in [2.75, 3.05) is 0 Å². The Balaban J connectivity index is 2.43. The summed E-state index contributed by atoms with van der Waals surface area (Å²) in [7, 11) is 0. The molecule has 0 spiro atoms. The standard InChI is InChI=1S/C19H22N6O2/c1-11(2)17-22-13(5-15(26)24-17)7-19(9-20,10-21)8-14-6-16(27)25-18(23-14)12(3)4/h5-6,11-12H,7-8H2,1-4H3,(H,22,24,26)(H,23,25,27). The molecule has 0 radical (unpaired) electrons. The third-order valence-corrected chi connectivity index (χ3v) is 4.11. The molecule has 27 heavy (non-hydrogen) atoms. The summed E-state index contributed by atoms with van der Waals surface area (Å²) >= 11 is 0. The van der Waals surface area contributed by atoms with E-state index in [2.05, 4.69) is 19.9 Å². The number of hydrogen-bond acceptors (Lipinski definition) is 6. The van der Waals surface area contributed by atoms with Gasteiger partial charge < -0.3 is 9.97 Å². The summed E-state index contributed by atoms with van der Waals surface area (Å²) in [5.74, 6) is 0.996. The van der Waals surface area contributed by atoms with Crippen LogP contribution in [0.3, 0.4) is 0 Å². The number of aromatic amines is 2. The largest absolute Gasteiger partial charge is 0.310 e. The highest BCUT2D eigenvalue weighted by molar-refractivity contribution is 5.24. The number of nitrogens with zero attached hydrogens (tertiary/aromatic N) is 4. The Morgan fingerprint density at radius 2 is 1.26 bits per heavy atom. The topological polar surface area (TPSA) is 139 Å². The molecule has 0 aliphatic carbocycles. The number of H-pyrrole nitrogens is 2. The van der Waals surface area contributed by atoms with Crippen LogP contribution in [-0.4, -0.2) is 19.9 Å². The van der Waals surface area contributed by atoms with Gasteiger partial charge in [0.2, 0.25) is 0 Å². The summed E-state index contributed by atoms with van der Waals surface area (Å²) in [5, 5.41) is 19.4. The van der Waals surface area contributed by atoms with Crippen LogP contribution < -0.4 is 11.1 Å². The van der Waals surface area contributed by atoms with Gasteiger partial charge in [-0.2, -0.15) is 10.5 Å². The van der Waals surface area contributed by atoms with Gasteiger partial charge in [-0.3, -0.25) is 9.59 Å². The molecule has 0 amide bonds. The van der Waals surface area contributed by atoms with Crippen LogP contribution in [0.25, 0.3) is 0 Å². The first-order valence-electron chi connectivity index (χ1n) is 8.71. The maximum absolute atomic E-state index is 11.9. The molecular weight excluding hydrogens is 344 g/mol. The van der Waals surface area contributed by atoms with E-state index in [0.29, 0.717) is 23.0 Å². The molecule has 0 unspecified atom stereocenters. The SMILES string of the molecule is CC(C)c1nc(CC(C#N)(C#N)Cc2cc(=O)[nH]c(C(C)C)n2)cc(=O)[nH]1. The molecule has 0 aliphatic rings. The number of nitrogens with one attached hydrogen (secondary N) is 2. The molecule has 140 valence electrons. The Morgan fingerprint density at radius 1 is 0.889 bits per heavy atom. The van der Waals surface area contributed by atoms with Crippen LogP contribution in [0.2, 0.25) is 0 Å². The average molecular weight is 366 g/mol. The molecule has 0 saturated carbocycles. The lowest BCUT2D eigenvalue weighted by molar-refractivity contribution is 0.495. The predicted octanol–water partition coefficient (Wildman–Crippen LogP) is 1.92.